The summed E-state index contributed by atoms with van der Waals surface area (Å²) in [5.74, 6) is -1.32. The molecule has 1 aromatic carbocycles. The smallest absolute Gasteiger partial charge is 0.257 e. The van der Waals surface area contributed by atoms with Crippen LogP contribution in [0.2, 0.25) is 0 Å². The monoisotopic (exact) mass is 346 g/mol. The molecule has 3 rings (SSSR count). The van der Waals surface area contributed by atoms with Crippen LogP contribution in [0.1, 0.15) is 43.0 Å². The Balaban J connectivity index is 1.72. The average molecular weight is 346 g/mol. The first-order valence-electron chi connectivity index (χ1n) is 8.43. The Kier molecular flexibility index (Phi) is 5.21. The van der Waals surface area contributed by atoms with E-state index in [0.717, 1.165) is 44.4 Å². The van der Waals surface area contributed by atoms with E-state index >= 15 is 0 Å². The summed E-state index contributed by atoms with van der Waals surface area (Å²) >= 11 is 0. The van der Waals surface area contributed by atoms with Crippen molar-refractivity contribution in [2.45, 2.75) is 38.6 Å². The van der Waals surface area contributed by atoms with Crippen molar-refractivity contribution in [3.63, 3.8) is 0 Å². The third-order valence-electron chi connectivity index (χ3n) is 4.44. The Morgan fingerprint density at radius 1 is 1.28 bits per heavy atom. The largest absolute Gasteiger partial charge is 0.336 e. The number of amides is 1. The Morgan fingerprint density at radius 3 is 2.72 bits per heavy atom. The first-order chi connectivity index (χ1) is 12.1. The molecule has 1 atom stereocenters. The van der Waals surface area contributed by atoms with Gasteiger partial charge in [0.2, 0.25) is 5.95 Å². The van der Waals surface area contributed by atoms with Gasteiger partial charge in [0.1, 0.15) is 11.6 Å². The van der Waals surface area contributed by atoms with Crippen LogP contribution >= 0.6 is 0 Å². The first-order valence-corrected chi connectivity index (χ1v) is 8.43. The lowest BCUT2D eigenvalue weighted by Crippen LogP contribution is -2.43. The second kappa shape index (κ2) is 7.55. The van der Waals surface area contributed by atoms with Crippen LogP contribution in [-0.4, -0.2) is 33.4 Å². The maximum atomic E-state index is 13.6. The summed E-state index contributed by atoms with van der Waals surface area (Å²) in [6, 6.07) is 3.45. The van der Waals surface area contributed by atoms with E-state index in [-0.39, 0.29) is 23.6 Å². The Bertz CT molecular complexity index is 751. The lowest BCUT2D eigenvalue weighted by Gasteiger charge is -2.35. The SMILES string of the molecule is CCC1CCCCN1C(=O)c1cnc(Nc2ccc(F)cc2F)nc1. The number of benzene rings is 1. The van der Waals surface area contributed by atoms with Crippen LogP contribution in [0, 0.1) is 11.6 Å². The number of nitrogens with one attached hydrogen (secondary N) is 1. The number of hydrogen-bond acceptors (Lipinski definition) is 4. The lowest BCUT2D eigenvalue weighted by atomic mass is 9.99. The molecule has 0 radical (unpaired) electrons. The van der Waals surface area contributed by atoms with E-state index in [4.69, 9.17) is 0 Å². The van der Waals surface area contributed by atoms with Gasteiger partial charge in [0, 0.05) is 31.0 Å². The number of carbonyl (C=O) groups excluding carboxylic acids is 1. The van der Waals surface area contributed by atoms with E-state index < -0.39 is 11.6 Å². The summed E-state index contributed by atoms with van der Waals surface area (Å²) in [7, 11) is 0. The zero-order chi connectivity index (χ0) is 17.8. The van der Waals surface area contributed by atoms with Crippen molar-refractivity contribution in [3.05, 3.63) is 47.8 Å². The lowest BCUT2D eigenvalue weighted by molar-refractivity contribution is 0.0607. The highest BCUT2D eigenvalue weighted by atomic mass is 19.1. The molecule has 1 unspecified atom stereocenters. The molecule has 1 fully saturated rings. The van der Waals surface area contributed by atoms with Gasteiger partial charge in [-0.3, -0.25) is 4.79 Å². The number of carbonyl (C=O) groups is 1. The highest BCUT2D eigenvalue weighted by Crippen LogP contribution is 2.22. The van der Waals surface area contributed by atoms with E-state index in [9.17, 15) is 13.6 Å². The summed E-state index contributed by atoms with van der Waals surface area (Å²) < 4.78 is 26.6. The minimum Gasteiger partial charge on any atom is -0.336 e. The van der Waals surface area contributed by atoms with Gasteiger partial charge in [-0.05, 0) is 37.8 Å². The second-order valence-electron chi connectivity index (χ2n) is 6.10. The number of halogens is 2. The quantitative estimate of drug-likeness (QED) is 0.912. The molecule has 132 valence electrons. The molecule has 1 amide bonds. The van der Waals surface area contributed by atoms with Crippen LogP contribution in [0.15, 0.2) is 30.6 Å². The molecule has 1 aliphatic rings. The highest BCUT2D eigenvalue weighted by Gasteiger charge is 2.26. The number of rotatable bonds is 4. The van der Waals surface area contributed by atoms with Crippen LogP contribution in [0.25, 0.3) is 0 Å². The zero-order valence-electron chi connectivity index (χ0n) is 14.0. The van der Waals surface area contributed by atoms with Gasteiger partial charge in [0.15, 0.2) is 0 Å². The molecule has 1 N–H and O–H groups in total. The first kappa shape index (κ1) is 17.3. The van der Waals surface area contributed by atoms with Crippen molar-refractivity contribution in [1.82, 2.24) is 14.9 Å². The number of aromatic nitrogens is 2. The molecule has 0 aliphatic carbocycles. The highest BCUT2D eigenvalue weighted by molar-refractivity contribution is 5.94. The number of piperidine rings is 1. The molecule has 0 bridgehead atoms. The van der Waals surface area contributed by atoms with Gasteiger partial charge < -0.3 is 10.2 Å². The molecular formula is C18H20F2N4O. The second-order valence-corrected chi connectivity index (χ2v) is 6.10. The van der Waals surface area contributed by atoms with Crippen LogP contribution < -0.4 is 5.32 Å². The van der Waals surface area contributed by atoms with Gasteiger partial charge in [-0.15, -0.1) is 0 Å². The molecule has 1 aliphatic heterocycles. The van der Waals surface area contributed by atoms with Gasteiger partial charge in [-0.25, -0.2) is 18.7 Å². The fraction of sp³-hybridized carbons (Fsp3) is 0.389. The van der Waals surface area contributed by atoms with Gasteiger partial charge in [-0.1, -0.05) is 6.92 Å². The summed E-state index contributed by atoms with van der Waals surface area (Å²) in [6.07, 6.45) is 6.96. The van der Waals surface area contributed by atoms with E-state index in [2.05, 4.69) is 22.2 Å². The van der Waals surface area contributed by atoms with E-state index in [1.54, 1.807) is 0 Å². The van der Waals surface area contributed by atoms with Gasteiger partial charge in [0.05, 0.1) is 11.3 Å². The molecule has 25 heavy (non-hydrogen) atoms. The molecule has 0 saturated carbocycles. The topological polar surface area (TPSA) is 58.1 Å². The summed E-state index contributed by atoms with van der Waals surface area (Å²) in [5, 5.41) is 2.68. The molecule has 0 spiro atoms. The minimum absolute atomic E-state index is 0.0718. The fourth-order valence-electron chi connectivity index (χ4n) is 3.07. The van der Waals surface area contributed by atoms with Crippen LogP contribution in [0.3, 0.4) is 0 Å². The minimum atomic E-state index is -0.733. The number of anilines is 2. The van der Waals surface area contributed by atoms with E-state index in [1.807, 2.05) is 4.90 Å². The van der Waals surface area contributed by atoms with Crippen LogP contribution in [0.5, 0.6) is 0 Å². The van der Waals surface area contributed by atoms with Crippen molar-refractivity contribution in [2.24, 2.45) is 0 Å². The summed E-state index contributed by atoms with van der Waals surface area (Å²) in [6.45, 7) is 2.83. The normalized spacial score (nSPS) is 17.4. The fourth-order valence-corrected chi connectivity index (χ4v) is 3.07. The van der Waals surface area contributed by atoms with Crippen LogP contribution in [0.4, 0.5) is 20.4 Å². The van der Waals surface area contributed by atoms with Crippen LogP contribution in [-0.2, 0) is 0 Å². The van der Waals surface area contributed by atoms with Gasteiger partial charge in [0.25, 0.3) is 5.91 Å². The number of likely N-dealkylation sites (tertiary alicyclic amines) is 1. The van der Waals surface area contributed by atoms with E-state index in [1.165, 1.54) is 18.5 Å². The van der Waals surface area contributed by atoms with Gasteiger partial charge in [-0.2, -0.15) is 0 Å². The molecule has 2 aromatic rings. The molecule has 1 saturated heterocycles. The Morgan fingerprint density at radius 2 is 2.04 bits per heavy atom. The maximum absolute atomic E-state index is 13.6. The molecular weight excluding hydrogens is 326 g/mol. The predicted molar refractivity (Wildman–Crippen MR) is 90.6 cm³/mol. The molecule has 2 heterocycles. The number of nitrogens with zero attached hydrogens (tertiary/aromatic N) is 3. The average Bonchev–Trinajstić information content (AvgIpc) is 2.64. The molecule has 5 nitrogen and oxygen atoms in total. The summed E-state index contributed by atoms with van der Waals surface area (Å²) in [5.41, 5.74) is 0.480. The van der Waals surface area contributed by atoms with Crippen molar-refractivity contribution in [1.29, 1.82) is 0 Å². The van der Waals surface area contributed by atoms with Crippen molar-refractivity contribution in [3.8, 4) is 0 Å². The molecule has 7 heteroatoms. The Labute approximate surface area is 145 Å². The number of hydrogen-bond donors (Lipinski definition) is 1. The third kappa shape index (κ3) is 3.92. The van der Waals surface area contributed by atoms with Crippen molar-refractivity contribution >= 4 is 17.5 Å². The third-order valence-corrected chi connectivity index (χ3v) is 4.44. The molecule has 1 aromatic heterocycles. The summed E-state index contributed by atoms with van der Waals surface area (Å²) in [4.78, 5) is 22.7. The van der Waals surface area contributed by atoms with Gasteiger partial charge >= 0.3 is 0 Å². The predicted octanol–water partition coefficient (Wildman–Crippen LogP) is 3.90. The van der Waals surface area contributed by atoms with E-state index in [0.29, 0.717) is 5.56 Å². The maximum Gasteiger partial charge on any atom is 0.257 e. The Hall–Kier alpha value is -2.57. The van der Waals surface area contributed by atoms with Crippen molar-refractivity contribution in [2.75, 3.05) is 11.9 Å². The standard InChI is InChI=1S/C18H20F2N4O/c1-2-14-5-3-4-8-24(14)17(25)12-10-21-18(22-11-12)23-16-7-6-13(19)9-15(16)20/h6-7,9-11,14H,2-5,8H2,1H3,(H,21,22,23). The zero-order valence-corrected chi connectivity index (χ0v) is 14.0. The van der Waals surface area contributed by atoms with Crippen molar-refractivity contribution < 1.29 is 13.6 Å².